The van der Waals surface area contributed by atoms with E-state index in [2.05, 4.69) is 21.0 Å². The van der Waals surface area contributed by atoms with E-state index < -0.39 is 0 Å². The normalized spacial score (nSPS) is 17.5. The lowest BCUT2D eigenvalue weighted by atomic mass is 10.1. The minimum atomic E-state index is -0.149. The number of fused-ring (bicyclic) bond motifs is 1. The van der Waals surface area contributed by atoms with Gasteiger partial charge in [0, 0.05) is 43.8 Å². The van der Waals surface area contributed by atoms with Gasteiger partial charge in [-0.3, -0.25) is 0 Å². The van der Waals surface area contributed by atoms with Crippen LogP contribution in [0.4, 0.5) is 4.39 Å². The zero-order chi connectivity index (χ0) is 13.9. The van der Waals surface area contributed by atoms with Crippen molar-refractivity contribution in [3.05, 3.63) is 35.8 Å². The van der Waals surface area contributed by atoms with Gasteiger partial charge >= 0.3 is 0 Å². The monoisotopic (exact) mass is 275 g/mol. The Morgan fingerprint density at radius 1 is 1.25 bits per heavy atom. The molecule has 3 nitrogen and oxygen atoms in total. The molecule has 0 amide bonds. The second-order valence-corrected chi connectivity index (χ2v) is 5.62. The van der Waals surface area contributed by atoms with Crippen molar-refractivity contribution in [3.8, 4) is 0 Å². The number of nitrogens with zero attached hydrogens (tertiary/aromatic N) is 2. The van der Waals surface area contributed by atoms with Gasteiger partial charge in [0.2, 0.25) is 0 Å². The maximum absolute atomic E-state index is 13.4. The lowest BCUT2D eigenvalue weighted by Gasteiger charge is -2.18. The summed E-state index contributed by atoms with van der Waals surface area (Å²) in [4.78, 5) is 2.50. The van der Waals surface area contributed by atoms with Gasteiger partial charge in [-0.15, -0.1) is 0 Å². The van der Waals surface area contributed by atoms with Crippen LogP contribution in [0.3, 0.4) is 0 Å². The Balaban J connectivity index is 1.75. The fraction of sp³-hybridized carbons (Fsp3) is 0.500. The molecule has 2 heterocycles. The largest absolute Gasteiger partial charge is 0.350 e. The van der Waals surface area contributed by atoms with Crippen LogP contribution in [-0.4, -0.2) is 42.2 Å². The second kappa shape index (κ2) is 5.94. The number of hydrogen-bond acceptors (Lipinski definition) is 2. The smallest absolute Gasteiger partial charge is 0.123 e. The van der Waals surface area contributed by atoms with Gasteiger partial charge in [-0.1, -0.05) is 0 Å². The summed E-state index contributed by atoms with van der Waals surface area (Å²) in [5.74, 6) is -0.149. The van der Waals surface area contributed by atoms with Crippen LogP contribution in [0.2, 0.25) is 0 Å². The van der Waals surface area contributed by atoms with Crippen molar-refractivity contribution >= 4 is 10.9 Å². The van der Waals surface area contributed by atoms with Crippen LogP contribution in [0, 0.1) is 5.82 Å². The first kappa shape index (κ1) is 13.6. The van der Waals surface area contributed by atoms with Crippen LogP contribution in [0.5, 0.6) is 0 Å². The molecule has 4 heteroatoms. The third-order valence-corrected chi connectivity index (χ3v) is 4.16. The molecule has 0 aliphatic carbocycles. The van der Waals surface area contributed by atoms with E-state index in [0.29, 0.717) is 0 Å². The summed E-state index contributed by atoms with van der Waals surface area (Å²) in [5, 5.41) is 4.48. The Kier molecular flexibility index (Phi) is 4.03. The van der Waals surface area contributed by atoms with Crippen molar-refractivity contribution in [2.45, 2.75) is 12.8 Å². The Hall–Kier alpha value is -1.39. The number of rotatable bonds is 3. The lowest BCUT2D eigenvalue weighted by molar-refractivity contribution is 0.296. The van der Waals surface area contributed by atoms with E-state index in [-0.39, 0.29) is 5.82 Å². The third-order valence-electron chi connectivity index (χ3n) is 4.16. The van der Waals surface area contributed by atoms with Gasteiger partial charge in [0.25, 0.3) is 0 Å². The molecule has 1 fully saturated rings. The Labute approximate surface area is 119 Å². The molecule has 108 valence electrons. The van der Waals surface area contributed by atoms with Gasteiger partial charge in [-0.2, -0.15) is 0 Å². The summed E-state index contributed by atoms with van der Waals surface area (Å²) >= 11 is 0. The average Bonchev–Trinajstić information content (AvgIpc) is 2.64. The van der Waals surface area contributed by atoms with Gasteiger partial charge in [-0.25, -0.2) is 4.39 Å². The second-order valence-electron chi connectivity index (χ2n) is 5.62. The molecule has 0 atom stereocenters. The summed E-state index contributed by atoms with van der Waals surface area (Å²) < 4.78 is 15.5. The van der Waals surface area contributed by atoms with Gasteiger partial charge in [0.15, 0.2) is 0 Å². The van der Waals surface area contributed by atoms with Crippen LogP contribution in [0.15, 0.2) is 24.4 Å². The molecule has 1 aliphatic heterocycles. The highest BCUT2D eigenvalue weighted by Gasteiger charge is 2.11. The maximum atomic E-state index is 13.4. The molecule has 2 aromatic rings. The molecule has 1 aromatic carbocycles. The van der Waals surface area contributed by atoms with Crippen molar-refractivity contribution in [3.63, 3.8) is 0 Å². The topological polar surface area (TPSA) is 20.2 Å². The molecule has 0 bridgehead atoms. The molecular formula is C16H22FN3. The van der Waals surface area contributed by atoms with Gasteiger partial charge < -0.3 is 14.8 Å². The van der Waals surface area contributed by atoms with E-state index >= 15 is 0 Å². The first-order valence-electron chi connectivity index (χ1n) is 7.40. The highest BCUT2D eigenvalue weighted by molar-refractivity contribution is 5.84. The molecule has 0 radical (unpaired) electrons. The highest BCUT2D eigenvalue weighted by atomic mass is 19.1. The standard InChI is InChI=1S/C16H22FN3/c1-19-12-13(15-11-14(17)3-4-16(15)19)5-9-20-8-2-6-18-7-10-20/h3-4,11-12,18H,2,5-10H2,1H3. The van der Waals surface area contributed by atoms with Crippen molar-refractivity contribution < 1.29 is 4.39 Å². The number of halogens is 1. The van der Waals surface area contributed by atoms with Crippen LogP contribution in [0.1, 0.15) is 12.0 Å². The van der Waals surface area contributed by atoms with Crippen molar-refractivity contribution in [1.29, 1.82) is 0 Å². The van der Waals surface area contributed by atoms with Crippen LogP contribution >= 0.6 is 0 Å². The van der Waals surface area contributed by atoms with E-state index in [1.807, 2.05) is 13.1 Å². The van der Waals surface area contributed by atoms with Crippen molar-refractivity contribution in [2.75, 3.05) is 32.7 Å². The lowest BCUT2D eigenvalue weighted by Crippen LogP contribution is -2.30. The average molecular weight is 275 g/mol. The molecule has 20 heavy (non-hydrogen) atoms. The zero-order valence-electron chi connectivity index (χ0n) is 12.0. The van der Waals surface area contributed by atoms with Crippen LogP contribution in [-0.2, 0) is 13.5 Å². The number of nitrogens with one attached hydrogen (secondary N) is 1. The van der Waals surface area contributed by atoms with E-state index in [9.17, 15) is 4.39 Å². The van der Waals surface area contributed by atoms with E-state index in [0.717, 1.165) is 50.0 Å². The predicted molar refractivity (Wildman–Crippen MR) is 80.5 cm³/mol. The number of hydrogen-bond donors (Lipinski definition) is 1. The Morgan fingerprint density at radius 2 is 2.15 bits per heavy atom. The van der Waals surface area contributed by atoms with E-state index in [1.165, 1.54) is 18.1 Å². The van der Waals surface area contributed by atoms with Gasteiger partial charge in [-0.05, 0) is 49.7 Å². The summed E-state index contributed by atoms with van der Waals surface area (Å²) in [5.41, 5.74) is 2.36. The highest BCUT2D eigenvalue weighted by Crippen LogP contribution is 2.22. The number of aromatic nitrogens is 1. The molecular weight excluding hydrogens is 253 g/mol. The summed E-state index contributed by atoms with van der Waals surface area (Å²) in [6.45, 7) is 5.52. The maximum Gasteiger partial charge on any atom is 0.123 e. The Morgan fingerprint density at radius 3 is 3.05 bits per heavy atom. The van der Waals surface area contributed by atoms with Crippen molar-refractivity contribution in [1.82, 2.24) is 14.8 Å². The SMILES string of the molecule is Cn1cc(CCN2CCCNCC2)c2cc(F)ccc21. The molecule has 3 rings (SSSR count). The fourth-order valence-corrected chi connectivity index (χ4v) is 3.05. The van der Waals surface area contributed by atoms with Crippen LogP contribution in [0.25, 0.3) is 10.9 Å². The van der Waals surface area contributed by atoms with Crippen molar-refractivity contribution in [2.24, 2.45) is 7.05 Å². The summed E-state index contributed by atoms with van der Waals surface area (Å²) in [6.07, 6.45) is 4.34. The molecule has 1 saturated heterocycles. The minimum Gasteiger partial charge on any atom is -0.350 e. The molecule has 1 N–H and O–H groups in total. The van der Waals surface area contributed by atoms with E-state index in [1.54, 1.807) is 6.07 Å². The summed E-state index contributed by atoms with van der Waals surface area (Å²) in [7, 11) is 2.03. The molecule has 0 spiro atoms. The minimum absolute atomic E-state index is 0.149. The first-order valence-corrected chi connectivity index (χ1v) is 7.40. The Bertz CT molecular complexity index is 583. The first-order chi connectivity index (χ1) is 9.74. The van der Waals surface area contributed by atoms with E-state index in [4.69, 9.17) is 0 Å². The number of benzene rings is 1. The fourth-order valence-electron chi connectivity index (χ4n) is 3.05. The number of aryl methyl sites for hydroxylation is 1. The molecule has 1 aliphatic rings. The van der Waals surface area contributed by atoms with Gasteiger partial charge in [0.05, 0.1) is 0 Å². The molecule has 0 saturated carbocycles. The molecule has 0 unspecified atom stereocenters. The zero-order valence-corrected chi connectivity index (χ0v) is 12.0. The van der Waals surface area contributed by atoms with Gasteiger partial charge in [0.1, 0.15) is 5.82 Å². The summed E-state index contributed by atoms with van der Waals surface area (Å²) in [6, 6.07) is 5.06. The predicted octanol–water partition coefficient (Wildman–Crippen LogP) is 2.16. The third kappa shape index (κ3) is 2.86. The van der Waals surface area contributed by atoms with Crippen LogP contribution < -0.4 is 5.32 Å². The molecule has 1 aromatic heterocycles. The quantitative estimate of drug-likeness (QED) is 0.926.